The van der Waals surface area contributed by atoms with Crippen LogP contribution in [-0.4, -0.2) is 30.6 Å². The number of rotatable bonds is 3. The highest BCUT2D eigenvalue weighted by molar-refractivity contribution is 6.34. The molecule has 0 aliphatic carbocycles. The zero-order valence-electron chi connectivity index (χ0n) is 20.3. The second-order valence-corrected chi connectivity index (χ2v) is 9.14. The molecule has 0 radical (unpaired) electrons. The number of aryl methyl sites for hydroxylation is 2. The van der Waals surface area contributed by atoms with Crippen LogP contribution in [0, 0.1) is 13.8 Å². The second-order valence-electron chi connectivity index (χ2n) is 8.33. The molecule has 19 heteroatoms. The molecule has 0 atom stereocenters. The van der Waals surface area contributed by atoms with Crippen LogP contribution in [0.25, 0.3) is 0 Å². The van der Waals surface area contributed by atoms with Gasteiger partial charge in [0.25, 0.3) is 0 Å². The lowest BCUT2D eigenvalue weighted by Crippen LogP contribution is -2.50. The average Bonchev–Trinajstić information content (AvgIpc) is 2.75. The fourth-order valence-electron chi connectivity index (χ4n) is 3.21. The van der Waals surface area contributed by atoms with Crippen LogP contribution in [0.1, 0.15) is 29.2 Å². The molecule has 2 rings (SSSR count). The molecule has 0 fully saturated rings. The molecule has 2 aromatic carbocycles. The van der Waals surface area contributed by atoms with Crippen molar-refractivity contribution in [3.8, 4) is 0 Å². The third kappa shape index (κ3) is 7.04. The molecule has 0 aliphatic heterocycles. The van der Waals surface area contributed by atoms with Crippen LogP contribution in [0.3, 0.4) is 0 Å². The highest BCUT2D eigenvalue weighted by Gasteiger charge is 2.74. The van der Waals surface area contributed by atoms with Gasteiger partial charge in [0.05, 0.1) is 21.4 Å². The van der Waals surface area contributed by atoms with Crippen LogP contribution in [0.15, 0.2) is 24.3 Å². The first-order valence-electron chi connectivity index (χ1n) is 10.3. The maximum Gasteiger partial charge on any atom is 0.435 e. The smallest absolute Gasteiger partial charge is 0.397 e. The van der Waals surface area contributed by atoms with Gasteiger partial charge in [-0.05, 0) is 37.1 Å². The van der Waals surface area contributed by atoms with Gasteiger partial charge in [-0.3, -0.25) is 4.79 Å². The highest BCUT2D eigenvalue weighted by atomic mass is 35.5. The van der Waals surface area contributed by atoms with Crippen LogP contribution < -0.4 is 11.1 Å². The maximum absolute atomic E-state index is 13.9. The minimum Gasteiger partial charge on any atom is -0.397 e. The fraction of sp³-hybridized carbons (Fsp3) is 0.409. The Balaban J connectivity index is 0.000000414. The van der Waals surface area contributed by atoms with Gasteiger partial charge in [0.15, 0.2) is 0 Å². The monoisotopic (exact) mass is 660 g/mol. The van der Waals surface area contributed by atoms with Crippen molar-refractivity contribution in [1.29, 1.82) is 0 Å². The van der Waals surface area contributed by atoms with Crippen molar-refractivity contribution in [3.63, 3.8) is 0 Å². The van der Waals surface area contributed by atoms with Crippen molar-refractivity contribution in [2.24, 2.45) is 0 Å². The van der Waals surface area contributed by atoms with Crippen LogP contribution in [-0.2, 0) is 16.1 Å². The van der Waals surface area contributed by atoms with Crippen molar-refractivity contribution in [2.45, 2.75) is 56.8 Å². The fourth-order valence-corrected chi connectivity index (χ4v) is 3.79. The number of carbonyl (C=O) groups excluding carboxylic acids is 1. The first kappa shape index (κ1) is 36.3. The van der Waals surface area contributed by atoms with Crippen LogP contribution in [0.4, 0.5) is 72.8 Å². The molecular weight excluding hydrogens is 645 g/mol. The Bertz CT molecular complexity index is 1210. The Morgan fingerprint density at radius 3 is 1.22 bits per heavy atom. The SMILES string of the molecule is CC(=O)Nc1c(C)cc(C(F)(C(F)(F)F)C(F)(F)F)cc1Cl.Cc1cc(C(F)(C(F)(F)F)C(F)(F)F)cc(Cl)c1N. The Hall–Kier alpha value is -2.69. The summed E-state index contributed by atoms with van der Waals surface area (Å²) in [6.07, 6.45) is -24.8. The molecule has 1 amide bonds. The van der Waals surface area contributed by atoms with Gasteiger partial charge in [0, 0.05) is 18.1 Å². The lowest BCUT2D eigenvalue weighted by atomic mass is 9.92. The lowest BCUT2D eigenvalue weighted by molar-refractivity contribution is -0.349. The van der Waals surface area contributed by atoms with Crippen molar-refractivity contribution in [3.05, 3.63) is 56.6 Å². The van der Waals surface area contributed by atoms with E-state index < -0.39 is 63.1 Å². The van der Waals surface area contributed by atoms with Crippen molar-refractivity contribution >= 4 is 40.5 Å². The number of hydrogen-bond donors (Lipinski definition) is 2. The van der Waals surface area contributed by atoms with Gasteiger partial charge in [0.1, 0.15) is 0 Å². The van der Waals surface area contributed by atoms with E-state index in [0.29, 0.717) is 12.1 Å². The van der Waals surface area contributed by atoms with Gasteiger partial charge in [0.2, 0.25) is 5.91 Å². The molecule has 0 spiro atoms. The average molecular weight is 661 g/mol. The minimum absolute atomic E-state index is 0.182. The Morgan fingerprint density at radius 2 is 0.951 bits per heavy atom. The molecule has 0 saturated carbocycles. The van der Waals surface area contributed by atoms with Gasteiger partial charge in [-0.1, -0.05) is 35.3 Å². The van der Waals surface area contributed by atoms with Gasteiger partial charge in [-0.15, -0.1) is 0 Å². The number of halogens is 16. The maximum atomic E-state index is 13.9. The van der Waals surface area contributed by atoms with E-state index >= 15 is 0 Å². The van der Waals surface area contributed by atoms with E-state index in [0.717, 1.165) is 20.8 Å². The first-order valence-corrected chi connectivity index (χ1v) is 11.1. The predicted octanol–water partition coefficient (Wildman–Crippen LogP) is 9.42. The van der Waals surface area contributed by atoms with Gasteiger partial charge >= 0.3 is 36.0 Å². The summed E-state index contributed by atoms with van der Waals surface area (Å²) < 4.78 is 178. The summed E-state index contributed by atoms with van der Waals surface area (Å²) in [5.41, 5.74) is -9.95. The Morgan fingerprint density at radius 1 is 0.634 bits per heavy atom. The van der Waals surface area contributed by atoms with Crippen molar-refractivity contribution in [1.82, 2.24) is 0 Å². The minimum atomic E-state index is -6.23. The topological polar surface area (TPSA) is 55.1 Å². The van der Waals surface area contributed by atoms with E-state index in [-0.39, 0.29) is 34.6 Å². The Kier molecular flexibility index (Phi) is 10.2. The highest BCUT2D eigenvalue weighted by Crippen LogP contribution is 2.55. The number of hydrogen-bond acceptors (Lipinski definition) is 2. The van der Waals surface area contributed by atoms with E-state index in [9.17, 15) is 66.3 Å². The molecule has 0 heterocycles. The molecular formula is C22H16Cl2F14N2O. The zero-order valence-corrected chi connectivity index (χ0v) is 21.9. The largest absolute Gasteiger partial charge is 0.435 e. The molecule has 0 aliphatic rings. The summed E-state index contributed by atoms with van der Waals surface area (Å²) in [6.45, 7) is 3.28. The van der Waals surface area contributed by atoms with Crippen LogP contribution >= 0.6 is 23.2 Å². The van der Waals surface area contributed by atoms with Crippen molar-refractivity contribution in [2.75, 3.05) is 11.1 Å². The van der Waals surface area contributed by atoms with Crippen LogP contribution in [0.2, 0.25) is 10.0 Å². The molecule has 41 heavy (non-hydrogen) atoms. The standard InChI is InChI=1S/C12H9ClF7NO.C10H7ClF7N/c1-5-3-7(4-8(13)9(5)21-6(2)22)10(14,11(15,16)17)12(18,19)20;1-4-2-5(3-6(11)7(4)19)8(12,9(13,14)15)10(16,17)18/h3-4H,1-2H3,(H,21,22);2-3H,19H2,1H3. The van der Waals surface area contributed by atoms with E-state index in [4.69, 9.17) is 28.9 Å². The third-order valence-corrected chi connectivity index (χ3v) is 5.89. The number of carbonyl (C=O) groups is 1. The first-order chi connectivity index (χ1) is 18.0. The van der Waals surface area contributed by atoms with E-state index in [2.05, 4.69) is 5.32 Å². The summed E-state index contributed by atoms with van der Waals surface area (Å²) in [5.74, 6) is -0.643. The third-order valence-electron chi connectivity index (χ3n) is 5.28. The number of alkyl halides is 14. The molecule has 3 nitrogen and oxygen atoms in total. The number of amides is 1. The summed E-state index contributed by atoms with van der Waals surface area (Å²) in [6, 6.07) is 1.14. The number of anilines is 2. The lowest BCUT2D eigenvalue weighted by Gasteiger charge is -2.31. The summed E-state index contributed by atoms with van der Waals surface area (Å²) >= 11 is 11.0. The summed E-state index contributed by atoms with van der Waals surface area (Å²) in [7, 11) is 0. The predicted molar refractivity (Wildman–Crippen MR) is 121 cm³/mol. The molecule has 0 bridgehead atoms. The van der Waals surface area contributed by atoms with E-state index in [1.54, 1.807) is 0 Å². The summed E-state index contributed by atoms with van der Waals surface area (Å²) in [4.78, 5) is 10.9. The van der Waals surface area contributed by atoms with Gasteiger partial charge in [-0.2, -0.15) is 52.7 Å². The quantitative estimate of drug-likeness (QED) is 0.255. The van der Waals surface area contributed by atoms with Gasteiger partial charge in [-0.25, -0.2) is 8.78 Å². The van der Waals surface area contributed by atoms with E-state index in [1.807, 2.05) is 0 Å². The van der Waals surface area contributed by atoms with Gasteiger partial charge < -0.3 is 11.1 Å². The number of benzene rings is 2. The number of nitrogens with one attached hydrogen (secondary N) is 1. The molecule has 0 aromatic heterocycles. The number of nitrogen functional groups attached to an aromatic ring is 1. The Labute approximate surface area is 231 Å². The molecule has 0 unspecified atom stereocenters. The molecule has 232 valence electrons. The molecule has 0 saturated heterocycles. The summed E-state index contributed by atoms with van der Waals surface area (Å²) in [5, 5.41) is 0.925. The van der Waals surface area contributed by atoms with E-state index in [1.165, 1.54) is 0 Å². The van der Waals surface area contributed by atoms with Crippen molar-refractivity contribution < 1.29 is 66.3 Å². The molecule has 2 aromatic rings. The van der Waals surface area contributed by atoms with Crippen LogP contribution in [0.5, 0.6) is 0 Å². The molecule has 3 N–H and O–H groups in total. The zero-order chi connectivity index (χ0) is 32.7. The second kappa shape index (κ2) is 11.5. The number of nitrogens with two attached hydrogens (primary N) is 1. The normalized spacial score (nSPS) is 13.4.